The summed E-state index contributed by atoms with van der Waals surface area (Å²) in [6.45, 7) is 6.49. The van der Waals surface area contributed by atoms with Crippen molar-refractivity contribution in [1.29, 1.82) is 0 Å². The van der Waals surface area contributed by atoms with Gasteiger partial charge >= 0.3 is 0 Å². The van der Waals surface area contributed by atoms with E-state index in [9.17, 15) is 0 Å². The molecule has 4 nitrogen and oxygen atoms in total. The molecule has 186 valence electrons. The van der Waals surface area contributed by atoms with Crippen molar-refractivity contribution in [1.82, 2.24) is 10.3 Å². The summed E-state index contributed by atoms with van der Waals surface area (Å²) in [7, 11) is 0. The molecule has 1 atom stereocenters. The first-order valence-electron chi connectivity index (χ1n) is 12.9. The van der Waals surface area contributed by atoms with Crippen LogP contribution in [-0.4, -0.2) is 24.2 Å². The number of pyridine rings is 1. The third-order valence-electron chi connectivity index (χ3n) is 7.04. The summed E-state index contributed by atoms with van der Waals surface area (Å²) >= 11 is 6.77. The van der Waals surface area contributed by atoms with Gasteiger partial charge in [-0.2, -0.15) is 0 Å². The number of rotatable bonds is 7. The van der Waals surface area contributed by atoms with Gasteiger partial charge in [0.2, 0.25) is 0 Å². The van der Waals surface area contributed by atoms with Gasteiger partial charge in [-0.15, -0.1) is 0 Å². The molecule has 3 aromatic carbocycles. The predicted octanol–water partition coefficient (Wildman–Crippen LogP) is 7.21. The molecule has 1 fully saturated rings. The average molecular weight is 500 g/mol. The standard InChI is InChI=1S/C31H34ClN3O/c1-20-12-21(2)14-24(13-20)28-19-35-30-17-29(32)26(23-7-5-6-22(15-23)18-33)16-27(30)31(28)36-11-9-25-8-3-4-10-34-25/h5-7,12-17,19,25,34H,3-4,8-11,18,33H2,1-2H3. The maximum Gasteiger partial charge on any atom is 0.138 e. The first kappa shape index (κ1) is 24.8. The summed E-state index contributed by atoms with van der Waals surface area (Å²) in [5.74, 6) is 0.869. The van der Waals surface area contributed by atoms with Gasteiger partial charge in [-0.05, 0) is 74.5 Å². The minimum atomic E-state index is 0.487. The van der Waals surface area contributed by atoms with Crippen LogP contribution in [0.15, 0.2) is 60.8 Å². The molecule has 0 aliphatic carbocycles. The van der Waals surface area contributed by atoms with E-state index in [4.69, 9.17) is 27.1 Å². The number of hydrogen-bond acceptors (Lipinski definition) is 4. The molecule has 1 saturated heterocycles. The third kappa shape index (κ3) is 5.41. The number of aromatic nitrogens is 1. The Balaban J connectivity index is 1.61. The maximum absolute atomic E-state index is 6.77. The van der Waals surface area contributed by atoms with Gasteiger partial charge in [0, 0.05) is 35.3 Å². The highest BCUT2D eigenvalue weighted by Crippen LogP contribution is 2.41. The van der Waals surface area contributed by atoms with Crippen LogP contribution in [0, 0.1) is 13.8 Å². The Kier molecular flexibility index (Phi) is 7.56. The Labute approximate surface area is 218 Å². The maximum atomic E-state index is 6.77. The number of benzene rings is 3. The Hall–Kier alpha value is -2.92. The van der Waals surface area contributed by atoms with Crippen LogP contribution in [0.5, 0.6) is 5.75 Å². The highest BCUT2D eigenvalue weighted by Gasteiger charge is 2.18. The second-order valence-electron chi connectivity index (χ2n) is 9.92. The average Bonchev–Trinajstić information content (AvgIpc) is 2.88. The molecule has 0 radical (unpaired) electrons. The van der Waals surface area contributed by atoms with E-state index in [1.54, 1.807) is 0 Å². The molecule has 3 N–H and O–H groups in total. The zero-order valence-corrected chi connectivity index (χ0v) is 21.9. The number of nitrogens with two attached hydrogens (primary N) is 1. The summed E-state index contributed by atoms with van der Waals surface area (Å²) < 4.78 is 6.62. The van der Waals surface area contributed by atoms with E-state index >= 15 is 0 Å². The number of halogens is 1. The van der Waals surface area contributed by atoms with Gasteiger partial charge < -0.3 is 15.8 Å². The van der Waals surface area contributed by atoms with Crippen LogP contribution in [0.2, 0.25) is 5.02 Å². The Bertz CT molecular complexity index is 1360. The number of aryl methyl sites for hydroxylation is 2. The molecule has 1 aromatic heterocycles. The number of nitrogens with zero attached hydrogens (tertiary/aromatic N) is 1. The summed E-state index contributed by atoms with van der Waals surface area (Å²) in [6, 6.07) is 19.4. The predicted molar refractivity (Wildman–Crippen MR) is 151 cm³/mol. The summed E-state index contributed by atoms with van der Waals surface area (Å²) in [6.07, 6.45) is 6.66. The van der Waals surface area contributed by atoms with Crippen molar-refractivity contribution < 1.29 is 4.74 Å². The molecule has 0 saturated carbocycles. The quantitative estimate of drug-likeness (QED) is 0.282. The highest BCUT2D eigenvalue weighted by atomic mass is 35.5. The monoisotopic (exact) mass is 499 g/mol. The molecular weight excluding hydrogens is 466 g/mol. The van der Waals surface area contributed by atoms with Gasteiger partial charge in [-0.3, -0.25) is 4.98 Å². The number of nitrogens with one attached hydrogen (secondary N) is 1. The lowest BCUT2D eigenvalue weighted by molar-refractivity contribution is 0.271. The zero-order valence-electron chi connectivity index (χ0n) is 21.1. The Morgan fingerprint density at radius 3 is 2.58 bits per heavy atom. The minimum absolute atomic E-state index is 0.487. The lowest BCUT2D eigenvalue weighted by Crippen LogP contribution is -2.35. The van der Waals surface area contributed by atoms with Crippen molar-refractivity contribution in [3.63, 3.8) is 0 Å². The SMILES string of the molecule is Cc1cc(C)cc(-c2cnc3cc(Cl)c(-c4cccc(CN)c4)cc3c2OCCC2CCCCN2)c1. The molecule has 0 bridgehead atoms. The fourth-order valence-corrected chi connectivity index (χ4v) is 5.51. The second kappa shape index (κ2) is 11.0. The highest BCUT2D eigenvalue weighted by molar-refractivity contribution is 6.34. The normalized spacial score (nSPS) is 15.8. The zero-order chi connectivity index (χ0) is 25.1. The lowest BCUT2D eigenvalue weighted by atomic mass is 9.97. The molecule has 2 heterocycles. The van der Waals surface area contributed by atoms with Gasteiger partial charge in [0.05, 0.1) is 17.1 Å². The van der Waals surface area contributed by atoms with Gasteiger partial charge in [-0.1, -0.05) is 65.5 Å². The van der Waals surface area contributed by atoms with E-state index in [0.29, 0.717) is 24.2 Å². The largest absolute Gasteiger partial charge is 0.492 e. The van der Waals surface area contributed by atoms with E-state index in [2.05, 4.69) is 55.6 Å². The van der Waals surface area contributed by atoms with Gasteiger partial charge in [0.25, 0.3) is 0 Å². The number of fused-ring (bicyclic) bond motifs is 1. The second-order valence-corrected chi connectivity index (χ2v) is 10.3. The van der Waals surface area contributed by atoms with Crippen LogP contribution in [0.1, 0.15) is 42.4 Å². The minimum Gasteiger partial charge on any atom is -0.492 e. The first-order valence-corrected chi connectivity index (χ1v) is 13.3. The molecule has 0 amide bonds. The van der Waals surface area contributed by atoms with E-state index in [1.807, 2.05) is 24.4 Å². The van der Waals surface area contributed by atoms with E-state index < -0.39 is 0 Å². The fourth-order valence-electron chi connectivity index (χ4n) is 5.24. The van der Waals surface area contributed by atoms with Crippen molar-refractivity contribution >= 4 is 22.5 Å². The molecule has 36 heavy (non-hydrogen) atoms. The molecule has 1 aliphatic heterocycles. The van der Waals surface area contributed by atoms with Crippen molar-refractivity contribution in [2.75, 3.05) is 13.2 Å². The van der Waals surface area contributed by atoms with Crippen LogP contribution in [0.25, 0.3) is 33.2 Å². The molecule has 5 heteroatoms. The smallest absolute Gasteiger partial charge is 0.138 e. The number of piperidine rings is 1. The first-order chi connectivity index (χ1) is 17.5. The van der Waals surface area contributed by atoms with E-state index in [-0.39, 0.29) is 0 Å². The van der Waals surface area contributed by atoms with Crippen LogP contribution >= 0.6 is 11.6 Å². The van der Waals surface area contributed by atoms with Crippen LogP contribution in [0.3, 0.4) is 0 Å². The molecular formula is C31H34ClN3O. The Morgan fingerprint density at radius 2 is 1.83 bits per heavy atom. The van der Waals surface area contributed by atoms with Gasteiger partial charge in [-0.25, -0.2) is 0 Å². The van der Waals surface area contributed by atoms with Gasteiger partial charge in [0.15, 0.2) is 0 Å². The van der Waals surface area contributed by atoms with Crippen LogP contribution in [-0.2, 0) is 6.54 Å². The lowest BCUT2D eigenvalue weighted by Gasteiger charge is -2.24. The summed E-state index contributed by atoms with van der Waals surface area (Å²) in [4.78, 5) is 4.81. The van der Waals surface area contributed by atoms with Crippen molar-refractivity contribution in [2.45, 2.75) is 52.1 Å². The van der Waals surface area contributed by atoms with Crippen LogP contribution in [0.4, 0.5) is 0 Å². The Morgan fingerprint density at radius 1 is 1.00 bits per heavy atom. The molecule has 1 unspecified atom stereocenters. The fraction of sp³-hybridized carbons (Fsp3) is 0.323. The summed E-state index contributed by atoms with van der Waals surface area (Å²) in [5.41, 5.74) is 14.4. The third-order valence-corrected chi connectivity index (χ3v) is 7.35. The molecule has 5 rings (SSSR count). The van der Waals surface area contributed by atoms with Crippen LogP contribution < -0.4 is 15.8 Å². The van der Waals surface area contributed by atoms with E-state index in [0.717, 1.165) is 57.4 Å². The summed E-state index contributed by atoms with van der Waals surface area (Å²) in [5, 5.41) is 5.27. The molecule has 1 aliphatic rings. The van der Waals surface area contributed by atoms with Gasteiger partial charge in [0.1, 0.15) is 5.75 Å². The number of hydrogen-bond donors (Lipinski definition) is 2. The van der Waals surface area contributed by atoms with Crippen molar-refractivity contribution in [3.05, 3.63) is 82.5 Å². The number of ether oxygens (including phenoxy) is 1. The molecule has 4 aromatic rings. The van der Waals surface area contributed by atoms with E-state index in [1.165, 1.54) is 30.4 Å². The van der Waals surface area contributed by atoms with Crippen molar-refractivity contribution in [3.8, 4) is 28.0 Å². The topological polar surface area (TPSA) is 60.2 Å². The van der Waals surface area contributed by atoms with Crippen molar-refractivity contribution in [2.24, 2.45) is 5.73 Å². The molecule has 0 spiro atoms.